The van der Waals surface area contributed by atoms with Gasteiger partial charge in [0.25, 0.3) is 0 Å². The Morgan fingerprint density at radius 3 is 1.63 bits per heavy atom. The van der Waals surface area contributed by atoms with Crippen molar-refractivity contribution in [1.82, 2.24) is 0 Å². The summed E-state index contributed by atoms with van der Waals surface area (Å²) in [4.78, 5) is 17.4. The third kappa shape index (κ3) is 5.41. The molecule has 0 saturated carbocycles. The molecule has 160 valence electrons. The van der Waals surface area contributed by atoms with E-state index in [1.165, 1.54) is 0 Å². The summed E-state index contributed by atoms with van der Waals surface area (Å²) in [5.74, 6) is 0. The van der Waals surface area contributed by atoms with Gasteiger partial charge in [-0.2, -0.15) is 0 Å². The van der Waals surface area contributed by atoms with Crippen molar-refractivity contribution in [3.05, 3.63) is 0 Å². The molecule has 10 atom stereocenters. The van der Waals surface area contributed by atoms with Crippen molar-refractivity contribution >= 4 is 7.82 Å². The van der Waals surface area contributed by atoms with Gasteiger partial charge in [0.15, 0.2) is 12.6 Å². The molecule has 2 saturated heterocycles. The van der Waals surface area contributed by atoms with Crippen LogP contribution in [0.25, 0.3) is 0 Å². The zero-order valence-corrected chi connectivity index (χ0v) is 14.6. The van der Waals surface area contributed by atoms with Gasteiger partial charge in [-0.15, -0.1) is 0 Å². The van der Waals surface area contributed by atoms with Crippen LogP contribution < -0.4 is 0 Å². The van der Waals surface area contributed by atoms with Gasteiger partial charge in [-0.1, -0.05) is 0 Å². The summed E-state index contributed by atoms with van der Waals surface area (Å²) >= 11 is 0. The Labute approximate surface area is 152 Å². The van der Waals surface area contributed by atoms with Gasteiger partial charge in [-0.25, -0.2) is 4.57 Å². The van der Waals surface area contributed by atoms with Crippen LogP contribution in [0.3, 0.4) is 0 Å². The summed E-state index contributed by atoms with van der Waals surface area (Å²) in [7, 11) is -4.92. The van der Waals surface area contributed by atoms with Crippen molar-refractivity contribution in [2.75, 3.05) is 13.2 Å². The lowest BCUT2D eigenvalue weighted by molar-refractivity contribution is -0.376. The Kier molecular flexibility index (Phi) is 7.68. The highest BCUT2D eigenvalue weighted by Gasteiger charge is 2.49. The van der Waals surface area contributed by atoms with Gasteiger partial charge in [0.2, 0.25) is 0 Å². The summed E-state index contributed by atoms with van der Waals surface area (Å²) in [6.45, 7) is -1.61. The van der Waals surface area contributed by atoms with E-state index in [0.717, 1.165) is 0 Å². The van der Waals surface area contributed by atoms with E-state index in [9.17, 15) is 35.2 Å². The number of aliphatic hydroxyl groups is 7. The molecule has 0 aliphatic carbocycles. The molecule has 0 aromatic heterocycles. The summed E-state index contributed by atoms with van der Waals surface area (Å²) in [6.07, 6.45) is -17.1. The highest BCUT2D eigenvalue weighted by molar-refractivity contribution is 7.46. The van der Waals surface area contributed by atoms with Gasteiger partial charge in [-0.05, 0) is 0 Å². The quantitative estimate of drug-likeness (QED) is 0.182. The van der Waals surface area contributed by atoms with Crippen LogP contribution in [0.1, 0.15) is 0 Å². The molecule has 2 rings (SSSR count). The summed E-state index contributed by atoms with van der Waals surface area (Å²) in [6, 6.07) is 0. The summed E-state index contributed by atoms with van der Waals surface area (Å²) in [5.41, 5.74) is 0. The fourth-order valence-corrected chi connectivity index (χ4v) is 2.99. The second kappa shape index (κ2) is 9.02. The number of rotatable bonds is 6. The van der Waals surface area contributed by atoms with E-state index in [1.54, 1.807) is 0 Å². The maximum Gasteiger partial charge on any atom is 0.469 e. The Bertz CT molecular complexity index is 526. The molecule has 0 aromatic carbocycles. The average Bonchev–Trinajstić information content (AvgIpc) is 2.60. The first-order chi connectivity index (χ1) is 12.5. The van der Waals surface area contributed by atoms with Crippen LogP contribution in [-0.4, -0.2) is 120 Å². The minimum absolute atomic E-state index is 0.737. The van der Waals surface area contributed by atoms with E-state index in [0.29, 0.717) is 0 Å². The Morgan fingerprint density at radius 1 is 0.741 bits per heavy atom. The van der Waals surface area contributed by atoms with Crippen LogP contribution in [-0.2, 0) is 23.3 Å². The van der Waals surface area contributed by atoms with E-state index < -0.39 is 82.4 Å². The molecule has 2 heterocycles. The number of hydrogen-bond donors (Lipinski definition) is 9. The predicted octanol–water partition coefficient (Wildman–Crippen LogP) is -5.28. The van der Waals surface area contributed by atoms with Crippen LogP contribution in [0.5, 0.6) is 0 Å². The van der Waals surface area contributed by atoms with E-state index in [-0.39, 0.29) is 0 Å². The molecule has 9 N–H and O–H groups in total. The molecule has 2 aliphatic heterocycles. The van der Waals surface area contributed by atoms with Crippen molar-refractivity contribution < 1.29 is 68.8 Å². The van der Waals surface area contributed by atoms with Crippen LogP contribution >= 0.6 is 7.82 Å². The zero-order valence-electron chi connectivity index (χ0n) is 13.7. The van der Waals surface area contributed by atoms with Crippen LogP contribution in [0.15, 0.2) is 0 Å². The number of phosphoric ester groups is 1. The van der Waals surface area contributed by atoms with Crippen LogP contribution in [0.2, 0.25) is 0 Å². The van der Waals surface area contributed by atoms with Crippen molar-refractivity contribution in [2.45, 2.75) is 61.4 Å². The van der Waals surface area contributed by atoms with Crippen molar-refractivity contribution in [3.63, 3.8) is 0 Å². The first-order valence-electron chi connectivity index (χ1n) is 7.82. The largest absolute Gasteiger partial charge is 0.469 e. The molecule has 27 heavy (non-hydrogen) atoms. The standard InChI is InChI=1S/C12H23O14P/c13-1-3-5(14)7(16)9(18)11(24-3)26-12-10(19)8(17)6(15)4(25-12)2-23-27(20,21)22/h3-19H,1-2H2,(H2,20,21,22)/t3-,4-,5-,6-,7+,8+,9-,10-,11+,12?/m1/s1. The monoisotopic (exact) mass is 422 g/mol. The minimum atomic E-state index is -4.92. The number of ether oxygens (including phenoxy) is 3. The third-order valence-corrected chi connectivity index (χ3v) is 4.68. The van der Waals surface area contributed by atoms with E-state index in [4.69, 9.17) is 29.1 Å². The highest BCUT2D eigenvalue weighted by atomic mass is 31.2. The lowest BCUT2D eigenvalue weighted by atomic mass is 9.98. The molecule has 0 spiro atoms. The Morgan fingerprint density at radius 2 is 1.19 bits per heavy atom. The smallest absolute Gasteiger partial charge is 0.394 e. The van der Waals surface area contributed by atoms with Gasteiger partial charge >= 0.3 is 7.82 Å². The Balaban J connectivity index is 2.08. The van der Waals surface area contributed by atoms with Gasteiger partial charge in [0.05, 0.1) is 13.2 Å². The minimum Gasteiger partial charge on any atom is -0.394 e. The first-order valence-corrected chi connectivity index (χ1v) is 9.35. The number of hydrogen-bond acceptors (Lipinski definition) is 12. The molecule has 0 radical (unpaired) electrons. The summed E-state index contributed by atoms with van der Waals surface area (Å²) in [5, 5.41) is 68.1. The molecule has 1 unspecified atom stereocenters. The third-order valence-electron chi connectivity index (χ3n) is 4.19. The lowest BCUT2D eigenvalue weighted by Gasteiger charge is -2.44. The second-order valence-electron chi connectivity index (χ2n) is 6.13. The van der Waals surface area contributed by atoms with Crippen molar-refractivity contribution in [2.24, 2.45) is 0 Å². The fourth-order valence-electron chi connectivity index (χ4n) is 2.65. The second-order valence-corrected chi connectivity index (χ2v) is 7.37. The normalized spacial score (nSPS) is 46.4. The predicted molar refractivity (Wildman–Crippen MR) is 79.5 cm³/mol. The van der Waals surface area contributed by atoms with Crippen LogP contribution in [0.4, 0.5) is 0 Å². The summed E-state index contributed by atoms with van der Waals surface area (Å²) < 4.78 is 30.3. The van der Waals surface area contributed by atoms with E-state index >= 15 is 0 Å². The van der Waals surface area contributed by atoms with E-state index in [2.05, 4.69) is 4.52 Å². The molecule has 2 fully saturated rings. The van der Waals surface area contributed by atoms with Gasteiger partial charge in [0, 0.05) is 0 Å². The van der Waals surface area contributed by atoms with Gasteiger partial charge in [0.1, 0.15) is 48.8 Å². The molecular weight excluding hydrogens is 399 g/mol. The number of phosphoric acid groups is 1. The average molecular weight is 422 g/mol. The topological polar surface area (TPSA) is 236 Å². The molecule has 0 bridgehead atoms. The SMILES string of the molecule is O=P(O)(O)OC[C@H]1OC(O[C@@H]2O[C@H](CO)[C@@H](O)[C@H](O)[C@H]2O)[C@H](O)[C@@H](O)[C@@H]1O. The van der Waals surface area contributed by atoms with Crippen LogP contribution in [0, 0.1) is 0 Å². The van der Waals surface area contributed by atoms with Crippen molar-refractivity contribution in [1.29, 1.82) is 0 Å². The molecule has 0 aromatic rings. The molecular formula is C12H23O14P. The number of aliphatic hydroxyl groups excluding tert-OH is 7. The van der Waals surface area contributed by atoms with Gasteiger partial charge in [-0.3, -0.25) is 4.52 Å². The van der Waals surface area contributed by atoms with E-state index in [1.807, 2.05) is 0 Å². The lowest BCUT2D eigenvalue weighted by Crippen LogP contribution is -2.63. The maximum atomic E-state index is 10.8. The first kappa shape index (κ1) is 23.0. The fraction of sp³-hybridized carbons (Fsp3) is 1.00. The molecule has 15 heteroatoms. The zero-order chi connectivity index (χ0) is 20.5. The molecule has 0 amide bonds. The van der Waals surface area contributed by atoms with Gasteiger partial charge < -0.3 is 59.7 Å². The maximum absolute atomic E-state index is 10.8. The molecule has 14 nitrogen and oxygen atoms in total. The Hall–Kier alpha value is -0.290. The molecule has 2 aliphatic rings. The highest BCUT2D eigenvalue weighted by Crippen LogP contribution is 2.37. The van der Waals surface area contributed by atoms with Crippen molar-refractivity contribution in [3.8, 4) is 0 Å².